The van der Waals surface area contributed by atoms with Crippen LogP contribution < -0.4 is 16.4 Å². The molecule has 4 heteroatoms. The van der Waals surface area contributed by atoms with Gasteiger partial charge in [-0.25, -0.2) is 0 Å². The highest BCUT2D eigenvalue weighted by molar-refractivity contribution is 6.00. The molecule has 4 nitrogen and oxygen atoms in total. The van der Waals surface area contributed by atoms with Crippen LogP contribution >= 0.6 is 0 Å². The van der Waals surface area contributed by atoms with E-state index in [9.17, 15) is 4.79 Å². The van der Waals surface area contributed by atoms with Gasteiger partial charge in [0.15, 0.2) is 0 Å². The van der Waals surface area contributed by atoms with Crippen LogP contribution in [0.15, 0.2) is 18.2 Å². The fraction of sp³-hybridized carbons (Fsp3) is 0.588. The second-order valence-electron chi connectivity index (χ2n) is 6.66. The number of hydrogen-bond acceptors (Lipinski definition) is 3. The van der Waals surface area contributed by atoms with Crippen LogP contribution in [0.3, 0.4) is 0 Å². The van der Waals surface area contributed by atoms with E-state index < -0.39 is 0 Å². The summed E-state index contributed by atoms with van der Waals surface area (Å²) < 4.78 is 0. The lowest BCUT2D eigenvalue weighted by molar-refractivity contribution is 0.0964. The highest BCUT2D eigenvalue weighted by Gasteiger charge is 2.41. The normalized spacial score (nSPS) is 28.4. The smallest absolute Gasteiger partial charge is 0.253 e. The van der Waals surface area contributed by atoms with Crippen molar-refractivity contribution in [1.29, 1.82) is 0 Å². The summed E-state index contributed by atoms with van der Waals surface area (Å²) in [4.78, 5) is 12.0. The highest BCUT2D eigenvalue weighted by Crippen LogP contribution is 2.49. The molecular formula is C17H25N3O. The molecule has 0 spiro atoms. The van der Waals surface area contributed by atoms with Crippen molar-refractivity contribution in [2.75, 3.05) is 18.1 Å². The van der Waals surface area contributed by atoms with Crippen LogP contribution in [0.5, 0.6) is 0 Å². The van der Waals surface area contributed by atoms with Gasteiger partial charge in [-0.2, -0.15) is 0 Å². The van der Waals surface area contributed by atoms with Gasteiger partial charge in [0.25, 0.3) is 5.91 Å². The summed E-state index contributed by atoms with van der Waals surface area (Å²) in [6.45, 7) is 2.24. The summed E-state index contributed by atoms with van der Waals surface area (Å²) in [6, 6.07) is 5.82. The van der Waals surface area contributed by atoms with Gasteiger partial charge in [0.1, 0.15) is 0 Å². The van der Waals surface area contributed by atoms with E-state index in [1.807, 2.05) is 6.07 Å². The monoisotopic (exact) mass is 287 g/mol. The van der Waals surface area contributed by atoms with Crippen molar-refractivity contribution in [1.82, 2.24) is 5.32 Å². The van der Waals surface area contributed by atoms with Gasteiger partial charge in [-0.3, -0.25) is 4.79 Å². The number of nitrogens with one attached hydrogen (secondary N) is 2. The van der Waals surface area contributed by atoms with E-state index in [1.54, 1.807) is 19.2 Å². The molecule has 1 aromatic carbocycles. The van der Waals surface area contributed by atoms with Gasteiger partial charge in [-0.05, 0) is 62.1 Å². The highest BCUT2D eigenvalue weighted by atomic mass is 16.1. The predicted molar refractivity (Wildman–Crippen MR) is 86.3 cm³/mol. The van der Waals surface area contributed by atoms with Gasteiger partial charge >= 0.3 is 0 Å². The van der Waals surface area contributed by atoms with E-state index in [1.165, 1.54) is 25.7 Å². The molecule has 1 aromatic rings. The minimum atomic E-state index is -0.0716. The lowest BCUT2D eigenvalue weighted by Crippen LogP contribution is -2.31. The van der Waals surface area contributed by atoms with Gasteiger partial charge in [0.2, 0.25) is 0 Å². The summed E-state index contributed by atoms with van der Waals surface area (Å²) >= 11 is 0. The molecule has 114 valence electrons. The molecule has 4 atom stereocenters. The molecular weight excluding hydrogens is 262 g/mol. The first-order valence-corrected chi connectivity index (χ1v) is 7.96. The molecule has 4 N–H and O–H groups in total. The third kappa shape index (κ3) is 2.71. The van der Waals surface area contributed by atoms with E-state index in [0.29, 0.717) is 17.3 Å². The van der Waals surface area contributed by atoms with E-state index >= 15 is 0 Å². The molecule has 0 radical (unpaired) electrons. The van der Waals surface area contributed by atoms with Crippen LogP contribution in [0.1, 0.15) is 43.0 Å². The zero-order valence-electron chi connectivity index (χ0n) is 12.9. The quantitative estimate of drug-likeness (QED) is 0.746. The molecule has 2 aliphatic rings. The second kappa shape index (κ2) is 5.58. The maximum atomic E-state index is 12.0. The van der Waals surface area contributed by atoms with Gasteiger partial charge in [0.05, 0.1) is 5.56 Å². The van der Waals surface area contributed by atoms with Gasteiger partial charge in [0, 0.05) is 24.5 Å². The third-order valence-electron chi connectivity index (χ3n) is 5.33. The Labute approximate surface area is 126 Å². The van der Waals surface area contributed by atoms with Crippen molar-refractivity contribution in [2.24, 2.45) is 17.8 Å². The molecule has 0 heterocycles. The largest absolute Gasteiger partial charge is 0.399 e. The summed E-state index contributed by atoms with van der Waals surface area (Å²) in [5.74, 6) is 2.45. The minimum absolute atomic E-state index is 0.0716. The van der Waals surface area contributed by atoms with E-state index in [2.05, 4.69) is 17.6 Å². The minimum Gasteiger partial charge on any atom is -0.399 e. The second-order valence-corrected chi connectivity index (χ2v) is 6.66. The van der Waals surface area contributed by atoms with Crippen LogP contribution in [0, 0.1) is 17.8 Å². The van der Waals surface area contributed by atoms with Crippen LogP contribution in [0.2, 0.25) is 0 Å². The molecule has 3 rings (SSSR count). The van der Waals surface area contributed by atoms with Gasteiger partial charge in [-0.15, -0.1) is 0 Å². The van der Waals surface area contributed by atoms with E-state index in [4.69, 9.17) is 5.73 Å². The van der Waals surface area contributed by atoms with Gasteiger partial charge < -0.3 is 16.4 Å². The molecule has 1 amide bonds. The molecule has 2 aliphatic carbocycles. The van der Waals surface area contributed by atoms with Crippen LogP contribution in [0.4, 0.5) is 11.4 Å². The number of nitrogens with two attached hydrogens (primary N) is 1. The molecule has 4 unspecified atom stereocenters. The molecule has 2 fully saturated rings. The van der Waals surface area contributed by atoms with Crippen molar-refractivity contribution in [3.05, 3.63) is 23.8 Å². The van der Waals surface area contributed by atoms with Crippen LogP contribution in [-0.4, -0.2) is 19.0 Å². The van der Waals surface area contributed by atoms with E-state index in [0.717, 1.165) is 23.4 Å². The zero-order chi connectivity index (χ0) is 15.0. The Morgan fingerprint density at radius 1 is 1.33 bits per heavy atom. The zero-order valence-corrected chi connectivity index (χ0v) is 12.9. The molecule has 21 heavy (non-hydrogen) atoms. The van der Waals surface area contributed by atoms with Crippen molar-refractivity contribution >= 4 is 17.3 Å². The van der Waals surface area contributed by atoms with Crippen molar-refractivity contribution in [3.8, 4) is 0 Å². The number of anilines is 2. The number of hydrogen-bond donors (Lipinski definition) is 3. The Morgan fingerprint density at radius 2 is 2.14 bits per heavy atom. The Balaban J connectivity index is 1.77. The molecule has 2 saturated carbocycles. The van der Waals surface area contributed by atoms with E-state index in [-0.39, 0.29) is 5.91 Å². The average Bonchev–Trinajstić information content (AvgIpc) is 3.09. The standard InChI is InChI=1S/C17H25N3O/c1-10(15-8-11-3-4-12(15)7-11)20-16-9-13(18)5-6-14(16)17(21)19-2/h5-6,9-12,15,20H,3-4,7-8,18H2,1-2H3,(H,19,21). The first-order chi connectivity index (χ1) is 10.1. The third-order valence-corrected chi connectivity index (χ3v) is 5.33. The Kier molecular flexibility index (Phi) is 3.79. The summed E-state index contributed by atoms with van der Waals surface area (Å²) in [5, 5.41) is 6.24. The first-order valence-electron chi connectivity index (χ1n) is 7.96. The maximum Gasteiger partial charge on any atom is 0.253 e. The molecule has 0 aliphatic heterocycles. The Hall–Kier alpha value is -1.71. The van der Waals surface area contributed by atoms with Crippen molar-refractivity contribution in [3.63, 3.8) is 0 Å². The van der Waals surface area contributed by atoms with Crippen molar-refractivity contribution < 1.29 is 4.79 Å². The Bertz CT molecular complexity index is 543. The molecule has 0 aromatic heterocycles. The number of benzene rings is 1. The molecule has 2 bridgehead atoms. The fourth-order valence-electron chi connectivity index (χ4n) is 4.27. The maximum absolute atomic E-state index is 12.0. The lowest BCUT2D eigenvalue weighted by Gasteiger charge is -2.30. The summed E-state index contributed by atoms with van der Waals surface area (Å²) in [6.07, 6.45) is 5.52. The van der Waals surface area contributed by atoms with Crippen LogP contribution in [0.25, 0.3) is 0 Å². The molecule has 0 saturated heterocycles. The summed E-state index contributed by atoms with van der Waals surface area (Å²) in [7, 11) is 1.65. The number of carbonyl (C=O) groups is 1. The average molecular weight is 287 g/mol. The first kappa shape index (κ1) is 14.2. The van der Waals surface area contributed by atoms with Crippen LogP contribution in [-0.2, 0) is 0 Å². The summed E-state index contributed by atoms with van der Waals surface area (Å²) in [5.41, 5.74) is 8.09. The number of carbonyl (C=O) groups excluding carboxylic acids is 1. The number of rotatable bonds is 4. The van der Waals surface area contributed by atoms with Crippen molar-refractivity contribution in [2.45, 2.75) is 38.6 Å². The Morgan fingerprint density at radius 3 is 2.76 bits per heavy atom. The topological polar surface area (TPSA) is 67.2 Å². The van der Waals surface area contributed by atoms with Gasteiger partial charge in [-0.1, -0.05) is 6.42 Å². The number of amides is 1. The fourth-order valence-corrected chi connectivity index (χ4v) is 4.27. The predicted octanol–water partition coefficient (Wildman–Crippen LogP) is 2.87. The number of fused-ring (bicyclic) bond motifs is 2. The lowest BCUT2D eigenvalue weighted by atomic mass is 9.84. The SMILES string of the molecule is CNC(=O)c1ccc(N)cc1NC(C)C1CC2CCC1C2. The number of nitrogen functional groups attached to an aromatic ring is 1.